The third-order valence-corrected chi connectivity index (χ3v) is 2.72. The van der Waals surface area contributed by atoms with Gasteiger partial charge in [0.05, 0.1) is 0 Å². The van der Waals surface area contributed by atoms with E-state index in [9.17, 15) is 0 Å². The summed E-state index contributed by atoms with van der Waals surface area (Å²) in [5.41, 5.74) is 7.76. The fourth-order valence-electron chi connectivity index (χ4n) is 1.31. The van der Waals surface area contributed by atoms with Gasteiger partial charge in [-0.25, -0.2) is 0 Å². The molecule has 0 aliphatic carbocycles. The van der Waals surface area contributed by atoms with Crippen molar-refractivity contribution in [2.45, 2.75) is 13.3 Å². The van der Waals surface area contributed by atoms with Crippen molar-refractivity contribution in [2.24, 2.45) is 5.73 Å². The Balaban J connectivity index is 2.88. The quantitative estimate of drug-likeness (QED) is 0.830. The van der Waals surface area contributed by atoms with Gasteiger partial charge in [0.25, 0.3) is 0 Å². The van der Waals surface area contributed by atoms with Gasteiger partial charge in [-0.05, 0) is 37.6 Å². The Morgan fingerprint density at radius 1 is 1.43 bits per heavy atom. The summed E-state index contributed by atoms with van der Waals surface area (Å²) in [7, 11) is 2.05. The summed E-state index contributed by atoms with van der Waals surface area (Å²) >= 11 is 6.13. The van der Waals surface area contributed by atoms with Crippen LogP contribution in [0.15, 0.2) is 18.2 Å². The summed E-state index contributed by atoms with van der Waals surface area (Å²) in [5.74, 6) is 0. The minimum absolute atomic E-state index is 0.642. The summed E-state index contributed by atoms with van der Waals surface area (Å²) in [6.07, 6.45) is 0.842. The van der Waals surface area contributed by atoms with E-state index in [1.54, 1.807) is 0 Å². The molecule has 0 bridgehead atoms. The molecule has 14 heavy (non-hydrogen) atoms. The fourth-order valence-corrected chi connectivity index (χ4v) is 1.58. The molecule has 1 rings (SSSR count). The maximum Gasteiger partial charge on any atom is 0.0459 e. The molecule has 0 amide bonds. The molecule has 0 saturated carbocycles. The second-order valence-corrected chi connectivity index (χ2v) is 3.74. The van der Waals surface area contributed by atoms with Crippen LogP contribution in [0, 0.1) is 0 Å². The number of anilines is 1. The van der Waals surface area contributed by atoms with Gasteiger partial charge in [0, 0.05) is 24.3 Å². The Kier molecular flexibility index (Phi) is 4.23. The van der Waals surface area contributed by atoms with Crippen molar-refractivity contribution in [1.29, 1.82) is 0 Å². The number of hydrogen-bond acceptors (Lipinski definition) is 2. The predicted molar refractivity (Wildman–Crippen MR) is 63.2 cm³/mol. The number of hydrogen-bond donors (Lipinski definition) is 1. The zero-order valence-corrected chi connectivity index (χ0v) is 9.51. The SMILES string of the molecule is CCN(C)c1ccc(CCN)c(Cl)c1. The van der Waals surface area contributed by atoms with E-state index >= 15 is 0 Å². The number of nitrogens with two attached hydrogens (primary N) is 1. The van der Waals surface area contributed by atoms with Crippen molar-refractivity contribution in [2.75, 3.05) is 25.0 Å². The molecule has 2 nitrogen and oxygen atoms in total. The van der Waals surface area contributed by atoms with Crippen LogP contribution >= 0.6 is 11.6 Å². The first-order valence-corrected chi connectivity index (χ1v) is 5.26. The highest BCUT2D eigenvalue weighted by Gasteiger charge is 2.03. The van der Waals surface area contributed by atoms with Gasteiger partial charge < -0.3 is 10.6 Å². The fraction of sp³-hybridized carbons (Fsp3) is 0.455. The van der Waals surface area contributed by atoms with E-state index in [0.717, 1.165) is 29.2 Å². The smallest absolute Gasteiger partial charge is 0.0459 e. The summed E-state index contributed by atoms with van der Waals surface area (Å²) in [4.78, 5) is 2.15. The second-order valence-electron chi connectivity index (χ2n) is 3.33. The molecule has 0 fully saturated rings. The van der Waals surface area contributed by atoms with Crippen LogP contribution in [0.3, 0.4) is 0 Å². The van der Waals surface area contributed by atoms with Gasteiger partial charge >= 0.3 is 0 Å². The zero-order chi connectivity index (χ0) is 10.6. The van der Waals surface area contributed by atoms with Crippen LogP contribution in [0.1, 0.15) is 12.5 Å². The van der Waals surface area contributed by atoms with Crippen LogP contribution in [0.2, 0.25) is 5.02 Å². The molecule has 0 aromatic heterocycles. The zero-order valence-electron chi connectivity index (χ0n) is 8.76. The normalized spacial score (nSPS) is 10.3. The lowest BCUT2D eigenvalue weighted by Crippen LogP contribution is -2.15. The lowest BCUT2D eigenvalue weighted by molar-refractivity contribution is 0.953. The maximum atomic E-state index is 6.13. The second kappa shape index (κ2) is 5.23. The molecule has 0 unspecified atom stereocenters. The Labute approximate surface area is 90.7 Å². The summed E-state index contributed by atoms with van der Waals surface area (Å²) in [6.45, 7) is 3.73. The van der Waals surface area contributed by atoms with Crippen LogP contribution in [-0.2, 0) is 6.42 Å². The van der Waals surface area contributed by atoms with Crippen LogP contribution in [0.25, 0.3) is 0 Å². The third kappa shape index (κ3) is 2.63. The van der Waals surface area contributed by atoms with E-state index in [1.165, 1.54) is 0 Å². The van der Waals surface area contributed by atoms with Gasteiger partial charge in [-0.1, -0.05) is 17.7 Å². The van der Waals surface area contributed by atoms with E-state index in [1.807, 2.05) is 13.1 Å². The minimum atomic E-state index is 0.642. The highest BCUT2D eigenvalue weighted by Crippen LogP contribution is 2.23. The maximum absolute atomic E-state index is 6.13. The van der Waals surface area contributed by atoms with E-state index < -0.39 is 0 Å². The van der Waals surface area contributed by atoms with Crippen LogP contribution in [0.4, 0.5) is 5.69 Å². The van der Waals surface area contributed by atoms with Gasteiger partial charge in [0.15, 0.2) is 0 Å². The average molecular weight is 213 g/mol. The molecule has 0 radical (unpaired) electrons. The molecule has 2 N–H and O–H groups in total. The van der Waals surface area contributed by atoms with Crippen molar-refractivity contribution in [3.8, 4) is 0 Å². The molecule has 0 atom stereocenters. The van der Waals surface area contributed by atoms with Gasteiger partial charge in [0.2, 0.25) is 0 Å². The van der Waals surface area contributed by atoms with Crippen molar-refractivity contribution in [3.63, 3.8) is 0 Å². The largest absolute Gasteiger partial charge is 0.375 e. The monoisotopic (exact) mass is 212 g/mol. The molecule has 78 valence electrons. The molecular formula is C11H17ClN2. The molecule has 0 spiro atoms. The molecule has 1 aromatic carbocycles. The first kappa shape index (κ1) is 11.3. The lowest BCUT2D eigenvalue weighted by Gasteiger charge is -2.17. The van der Waals surface area contributed by atoms with Crippen molar-refractivity contribution in [1.82, 2.24) is 0 Å². The molecule has 0 aliphatic rings. The topological polar surface area (TPSA) is 29.3 Å². The Morgan fingerprint density at radius 3 is 2.64 bits per heavy atom. The number of benzene rings is 1. The average Bonchev–Trinajstić information content (AvgIpc) is 2.20. The molecular weight excluding hydrogens is 196 g/mol. The van der Waals surface area contributed by atoms with Crippen LogP contribution < -0.4 is 10.6 Å². The number of nitrogens with zero attached hydrogens (tertiary/aromatic N) is 1. The summed E-state index contributed by atoms with van der Waals surface area (Å²) in [5, 5.41) is 0.813. The third-order valence-electron chi connectivity index (χ3n) is 2.37. The van der Waals surface area contributed by atoms with E-state index in [-0.39, 0.29) is 0 Å². The van der Waals surface area contributed by atoms with Crippen molar-refractivity contribution < 1.29 is 0 Å². The van der Waals surface area contributed by atoms with Crippen molar-refractivity contribution in [3.05, 3.63) is 28.8 Å². The Morgan fingerprint density at radius 2 is 2.14 bits per heavy atom. The first-order chi connectivity index (χ1) is 6.69. The van der Waals surface area contributed by atoms with Gasteiger partial charge in [-0.15, -0.1) is 0 Å². The standard InChI is InChI=1S/C11H17ClN2/c1-3-14(2)10-5-4-9(6-7-13)11(12)8-10/h4-5,8H,3,6-7,13H2,1-2H3. The number of halogens is 1. The minimum Gasteiger partial charge on any atom is -0.375 e. The molecule has 0 heterocycles. The first-order valence-electron chi connectivity index (χ1n) is 4.88. The van der Waals surface area contributed by atoms with Gasteiger partial charge in [-0.3, -0.25) is 0 Å². The Hall–Kier alpha value is -0.730. The molecule has 0 aliphatic heterocycles. The molecule has 0 saturated heterocycles. The lowest BCUT2D eigenvalue weighted by atomic mass is 10.1. The van der Waals surface area contributed by atoms with E-state index in [0.29, 0.717) is 6.54 Å². The Bertz CT molecular complexity index is 299. The van der Waals surface area contributed by atoms with Gasteiger partial charge in [0.1, 0.15) is 0 Å². The predicted octanol–water partition coefficient (Wildman–Crippen LogP) is 2.30. The summed E-state index contributed by atoms with van der Waals surface area (Å²) in [6, 6.07) is 6.13. The van der Waals surface area contributed by atoms with E-state index in [4.69, 9.17) is 17.3 Å². The van der Waals surface area contributed by atoms with Crippen LogP contribution in [-0.4, -0.2) is 20.1 Å². The van der Waals surface area contributed by atoms with Crippen LogP contribution in [0.5, 0.6) is 0 Å². The molecule has 1 aromatic rings. The highest BCUT2D eigenvalue weighted by atomic mass is 35.5. The van der Waals surface area contributed by atoms with Gasteiger partial charge in [-0.2, -0.15) is 0 Å². The number of rotatable bonds is 4. The van der Waals surface area contributed by atoms with Crippen molar-refractivity contribution >= 4 is 17.3 Å². The van der Waals surface area contributed by atoms with E-state index in [2.05, 4.69) is 24.0 Å². The summed E-state index contributed by atoms with van der Waals surface area (Å²) < 4.78 is 0. The molecule has 3 heteroatoms. The highest BCUT2D eigenvalue weighted by molar-refractivity contribution is 6.31.